The first-order chi connectivity index (χ1) is 13.8. The highest BCUT2D eigenvalue weighted by atomic mass is 32.1. The molecule has 3 nitrogen and oxygen atoms in total. The van der Waals surface area contributed by atoms with Crippen LogP contribution >= 0.6 is 22.7 Å². The summed E-state index contributed by atoms with van der Waals surface area (Å²) in [6.45, 7) is 0. The van der Waals surface area contributed by atoms with Crippen LogP contribution in [-0.4, -0.2) is 16.6 Å². The highest BCUT2D eigenvalue weighted by molar-refractivity contribution is 7.11. The molecule has 5 rings (SSSR count). The average molecular weight is 411 g/mol. The highest BCUT2D eigenvalue weighted by Crippen LogP contribution is 2.46. The second-order valence-corrected chi connectivity index (χ2v) is 10.1. The molecule has 1 amide bonds. The number of fused-ring (bicyclic) bond motifs is 1. The lowest BCUT2D eigenvalue weighted by Gasteiger charge is -2.31. The largest absolute Gasteiger partial charge is 0.273 e. The maximum atomic E-state index is 13.5. The van der Waals surface area contributed by atoms with Gasteiger partial charge in [0, 0.05) is 21.6 Å². The first-order valence-electron chi connectivity index (χ1n) is 10.5. The summed E-state index contributed by atoms with van der Waals surface area (Å²) in [6, 6.07) is 8.65. The van der Waals surface area contributed by atoms with E-state index in [1.807, 2.05) is 5.01 Å². The fourth-order valence-corrected chi connectivity index (χ4v) is 6.56. The molecule has 0 N–H and O–H groups in total. The normalized spacial score (nSPS) is 27.1. The van der Waals surface area contributed by atoms with Gasteiger partial charge >= 0.3 is 0 Å². The van der Waals surface area contributed by atoms with E-state index in [2.05, 4.69) is 41.1 Å². The van der Waals surface area contributed by atoms with Gasteiger partial charge in [-0.05, 0) is 66.6 Å². The van der Waals surface area contributed by atoms with Crippen molar-refractivity contribution >= 4 is 40.4 Å². The number of thiophene rings is 2. The Labute approximate surface area is 174 Å². The van der Waals surface area contributed by atoms with Crippen LogP contribution in [0.4, 0.5) is 0 Å². The molecule has 0 bridgehead atoms. The molecular weight excluding hydrogens is 384 g/mol. The van der Waals surface area contributed by atoms with E-state index in [0.29, 0.717) is 5.92 Å². The third kappa shape index (κ3) is 3.39. The van der Waals surface area contributed by atoms with E-state index in [-0.39, 0.29) is 17.9 Å². The van der Waals surface area contributed by atoms with Gasteiger partial charge in [0.05, 0.1) is 11.8 Å². The van der Waals surface area contributed by atoms with Crippen LogP contribution in [0.25, 0.3) is 6.08 Å². The number of carbonyl (C=O) groups is 1. The highest BCUT2D eigenvalue weighted by Gasteiger charge is 2.45. The fraction of sp³-hybridized carbons (Fsp3) is 0.478. The van der Waals surface area contributed by atoms with E-state index in [1.165, 1.54) is 46.7 Å². The fourth-order valence-electron chi connectivity index (χ4n) is 5.00. The lowest BCUT2D eigenvalue weighted by Crippen LogP contribution is -2.36. The number of rotatable bonds is 3. The average Bonchev–Trinajstić information content (AvgIpc) is 3.48. The SMILES string of the molecule is O=C(C1CCCCC1)N1N=C2C(=Cc3cccs3)CCCC2C1c1cccs1. The topological polar surface area (TPSA) is 32.7 Å². The quantitative estimate of drug-likeness (QED) is 0.567. The predicted molar refractivity (Wildman–Crippen MR) is 118 cm³/mol. The Morgan fingerprint density at radius 3 is 2.61 bits per heavy atom. The van der Waals surface area contributed by atoms with Gasteiger partial charge in [0.1, 0.15) is 0 Å². The lowest BCUT2D eigenvalue weighted by atomic mass is 9.79. The number of hydrazone groups is 1. The van der Waals surface area contributed by atoms with Crippen molar-refractivity contribution in [1.82, 2.24) is 5.01 Å². The van der Waals surface area contributed by atoms with Crippen molar-refractivity contribution in [3.8, 4) is 0 Å². The molecular formula is C23H26N2OS2. The Morgan fingerprint density at radius 2 is 1.86 bits per heavy atom. The summed E-state index contributed by atoms with van der Waals surface area (Å²) >= 11 is 3.53. The van der Waals surface area contributed by atoms with Gasteiger partial charge < -0.3 is 0 Å². The molecule has 5 heteroatoms. The summed E-state index contributed by atoms with van der Waals surface area (Å²) in [6.07, 6.45) is 11.3. The summed E-state index contributed by atoms with van der Waals surface area (Å²) in [5.41, 5.74) is 2.50. The Bertz CT molecular complexity index is 876. The summed E-state index contributed by atoms with van der Waals surface area (Å²) in [4.78, 5) is 16.0. The van der Waals surface area contributed by atoms with Crippen molar-refractivity contribution in [1.29, 1.82) is 0 Å². The Hall–Kier alpha value is -1.72. The van der Waals surface area contributed by atoms with Crippen LogP contribution < -0.4 is 0 Å². The third-order valence-electron chi connectivity index (χ3n) is 6.38. The molecule has 2 saturated carbocycles. The van der Waals surface area contributed by atoms with Crippen LogP contribution in [-0.2, 0) is 4.79 Å². The van der Waals surface area contributed by atoms with Crippen LogP contribution in [0.3, 0.4) is 0 Å². The smallest absolute Gasteiger partial charge is 0.246 e. The molecule has 0 aromatic carbocycles. The zero-order chi connectivity index (χ0) is 18.9. The van der Waals surface area contributed by atoms with E-state index < -0.39 is 0 Å². The van der Waals surface area contributed by atoms with Gasteiger partial charge in [-0.25, -0.2) is 5.01 Å². The van der Waals surface area contributed by atoms with Crippen molar-refractivity contribution < 1.29 is 4.79 Å². The van der Waals surface area contributed by atoms with Crippen molar-refractivity contribution in [2.24, 2.45) is 16.9 Å². The van der Waals surface area contributed by atoms with Gasteiger partial charge in [0.15, 0.2) is 0 Å². The number of allylic oxidation sites excluding steroid dienone is 1. The van der Waals surface area contributed by atoms with Crippen LogP contribution in [0, 0.1) is 11.8 Å². The molecule has 1 aliphatic heterocycles. The molecule has 2 aromatic heterocycles. The number of hydrogen-bond donors (Lipinski definition) is 0. The maximum Gasteiger partial charge on any atom is 0.246 e. The molecule has 3 aliphatic rings. The number of hydrogen-bond acceptors (Lipinski definition) is 4. The summed E-state index contributed by atoms with van der Waals surface area (Å²) < 4.78 is 0. The predicted octanol–water partition coefficient (Wildman–Crippen LogP) is 6.51. The molecule has 0 radical (unpaired) electrons. The molecule has 2 fully saturated rings. The van der Waals surface area contributed by atoms with Crippen LogP contribution in [0.5, 0.6) is 0 Å². The zero-order valence-electron chi connectivity index (χ0n) is 16.0. The van der Waals surface area contributed by atoms with E-state index in [1.54, 1.807) is 22.7 Å². The molecule has 0 saturated heterocycles. The summed E-state index contributed by atoms with van der Waals surface area (Å²) in [5, 5.41) is 11.2. The zero-order valence-corrected chi connectivity index (χ0v) is 17.7. The van der Waals surface area contributed by atoms with Gasteiger partial charge in [-0.2, -0.15) is 5.10 Å². The second-order valence-electron chi connectivity index (χ2n) is 8.15. The second kappa shape index (κ2) is 7.96. The van der Waals surface area contributed by atoms with Crippen molar-refractivity contribution in [2.45, 2.75) is 57.4 Å². The molecule has 2 unspecified atom stereocenters. The van der Waals surface area contributed by atoms with E-state index in [9.17, 15) is 4.79 Å². The molecule has 28 heavy (non-hydrogen) atoms. The van der Waals surface area contributed by atoms with Crippen molar-refractivity contribution in [3.05, 3.63) is 50.4 Å². The van der Waals surface area contributed by atoms with Gasteiger partial charge in [0.25, 0.3) is 0 Å². The Morgan fingerprint density at radius 1 is 1.04 bits per heavy atom. The van der Waals surface area contributed by atoms with Crippen molar-refractivity contribution in [2.75, 3.05) is 0 Å². The van der Waals surface area contributed by atoms with Crippen molar-refractivity contribution in [3.63, 3.8) is 0 Å². The van der Waals surface area contributed by atoms with Crippen LogP contribution in [0.15, 0.2) is 45.7 Å². The summed E-state index contributed by atoms with van der Waals surface area (Å²) in [5.74, 6) is 0.757. The van der Waals surface area contributed by atoms with Gasteiger partial charge in [-0.15, -0.1) is 22.7 Å². The minimum Gasteiger partial charge on any atom is -0.273 e. The first kappa shape index (κ1) is 18.3. The van der Waals surface area contributed by atoms with E-state index in [0.717, 1.165) is 25.7 Å². The van der Waals surface area contributed by atoms with E-state index >= 15 is 0 Å². The molecule has 2 atom stereocenters. The van der Waals surface area contributed by atoms with Crippen LogP contribution in [0.2, 0.25) is 0 Å². The molecule has 146 valence electrons. The lowest BCUT2D eigenvalue weighted by molar-refractivity contribution is -0.139. The monoisotopic (exact) mass is 410 g/mol. The first-order valence-corrected chi connectivity index (χ1v) is 12.3. The van der Waals surface area contributed by atoms with Gasteiger partial charge in [-0.3, -0.25) is 4.79 Å². The van der Waals surface area contributed by atoms with Crippen LogP contribution in [0.1, 0.15) is 67.2 Å². The molecule has 3 heterocycles. The molecule has 2 aliphatic carbocycles. The maximum absolute atomic E-state index is 13.5. The number of amides is 1. The van der Waals surface area contributed by atoms with Gasteiger partial charge in [-0.1, -0.05) is 31.4 Å². The Kier molecular flexibility index (Phi) is 5.20. The standard InChI is InChI=1S/C23H26N2OS2/c26-23(16-7-2-1-3-8-16)25-22(20-12-6-14-28-20)19-11-4-9-17(21(19)24-25)15-18-10-5-13-27-18/h5-6,10,12-16,19,22H,1-4,7-9,11H2. The minimum atomic E-state index is 0.0939. The number of carbonyl (C=O) groups excluding carboxylic acids is 1. The Balaban J connectivity index is 1.51. The summed E-state index contributed by atoms with van der Waals surface area (Å²) in [7, 11) is 0. The third-order valence-corrected chi connectivity index (χ3v) is 8.14. The number of nitrogens with zero attached hydrogens (tertiary/aromatic N) is 2. The van der Waals surface area contributed by atoms with E-state index in [4.69, 9.17) is 5.10 Å². The van der Waals surface area contributed by atoms with Gasteiger partial charge in [0.2, 0.25) is 5.91 Å². The molecule has 0 spiro atoms. The minimum absolute atomic E-state index is 0.0939. The molecule has 2 aromatic rings.